The van der Waals surface area contributed by atoms with E-state index in [1.54, 1.807) is 12.4 Å². The molecule has 0 saturated heterocycles. The van der Waals surface area contributed by atoms with Crippen LogP contribution in [-0.2, 0) is 4.74 Å². The highest BCUT2D eigenvalue weighted by molar-refractivity contribution is 14.1. The average molecular weight is 322 g/mol. The number of ether oxygens (including phenoxy) is 1. The van der Waals surface area contributed by atoms with E-state index in [2.05, 4.69) is 37.9 Å². The van der Waals surface area contributed by atoms with E-state index in [9.17, 15) is 0 Å². The molecule has 1 aromatic rings. The summed E-state index contributed by atoms with van der Waals surface area (Å²) in [7, 11) is 0. The molecule has 0 aliphatic heterocycles. The zero-order valence-corrected chi connectivity index (χ0v) is 10.6. The van der Waals surface area contributed by atoms with E-state index in [1.165, 1.54) is 0 Å². The van der Waals surface area contributed by atoms with Gasteiger partial charge < -0.3 is 15.8 Å². The lowest BCUT2D eigenvalue weighted by molar-refractivity contribution is 0.141. The standard InChI is InChI=1S/C9H15IN4O/c10-8-6-13-9(14-7-8)12-3-1-4-15-5-2-11/h6-7H,1-5,11H2,(H,12,13,14). The number of anilines is 1. The number of halogens is 1. The summed E-state index contributed by atoms with van der Waals surface area (Å²) < 4.78 is 6.26. The third-order valence-corrected chi connectivity index (χ3v) is 2.19. The Morgan fingerprint density at radius 3 is 2.73 bits per heavy atom. The zero-order valence-electron chi connectivity index (χ0n) is 8.45. The fourth-order valence-electron chi connectivity index (χ4n) is 0.963. The minimum atomic E-state index is 0.577. The Bertz CT molecular complexity index is 267. The van der Waals surface area contributed by atoms with Crippen LogP contribution < -0.4 is 11.1 Å². The summed E-state index contributed by atoms with van der Waals surface area (Å²) in [6.07, 6.45) is 4.48. The van der Waals surface area contributed by atoms with E-state index in [0.29, 0.717) is 25.7 Å². The van der Waals surface area contributed by atoms with Gasteiger partial charge in [-0.25, -0.2) is 9.97 Å². The number of hydrogen-bond donors (Lipinski definition) is 2. The van der Waals surface area contributed by atoms with Crippen LogP contribution in [0.25, 0.3) is 0 Å². The Morgan fingerprint density at radius 1 is 1.33 bits per heavy atom. The first kappa shape index (κ1) is 12.6. The summed E-state index contributed by atoms with van der Waals surface area (Å²) in [5.41, 5.74) is 5.29. The largest absolute Gasteiger partial charge is 0.380 e. The second-order valence-electron chi connectivity index (χ2n) is 2.91. The third kappa shape index (κ3) is 5.85. The van der Waals surface area contributed by atoms with E-state index in [4.69, 9.17) is 10.5 Å². The second-order valence-corrected chi connectivity index (χ2v) is 4.15. The highest BCUT2D eigenvalue weighted by atomic mass is 127. The molecule has 0 spiro atoms. The molecule has 15 heavy (non-hydrogen) atoms. The molecule has 6 heteroatoms. The van der Waals surface area contributed by atoms with Gasteiger partial charge in [-0.1, -0.05) is 0 Å². The molecule has 5 nitrogen and oxygen atoms in total. The van der Waals surface area contributed by atoms with Gasteiger partial charge in [-0.05, 0) is 29.0 Å². The Labute approximate surface area is 103 Å². The highest BCUT2D eigenvalue weighted by Gasteiger charge is 1.94. The second kappa shape index (κ2) is 7.77. The number of nitrogens with two attached hydrogens (primary N) is 1. The number of hydrogen-bond acceptors (Lipinski definition) is 5. The van der Waals surface area contributed by atoms with E-state index in [1.807, 2.05) is 0 Å². The van der Waals surface area contributed by atoms with E-state index >= 15 is 0 Å². The van der Waals surface area contributed by atoms with Crippen molar-refractivity contribution in [2.24, 2.45) is 5.73 Å². The van der Waals surface area contributed by atoms with Crippen molar-refractivity contribution < 1.29 is 4.74 Å². The van der Waals surface area contributed by atoms with Crippen LogP contribution in [0.1, 0.15) is 6.42 Å². The van der Waals surface area contributed by atoms with Crippen molar-refractivity contribution in [1.29, 1.82) is 0 Å². The van der Waals surface area contributed by atoms with Crippen molar-refractivity contribution in [3.8, 4) is 0 Å². The third-order valence-electron chi connectivity index (χ3n) is 1.63. The van der Waals surface area contributed by atoms with E-state index < -0.39 is 0 Å². The van der Waals surface area contributed by atoms with Gasteiger partial charge in [0, 0.05) is 35.7 Å². The smallest absolute Gasteiger partial charge is 0.222 e. The molecule has 1 heterocycles. The zero-order chi connectivity index (χ0) is 10.9. The molecular weight excluding hydrogens is 307 g/mol. The minimum absolute atomic E-state index is 0.577. The van der Waals surface area contributed by atoms with Crippen LogP contribution in [0, 0.1) is 3.57 Å². The predicted octanol–water partition coefficient (Wildman–Crippen LogP) is 0.858. The SMILES string of the molecule is NCCOCCCNc1ncc(I)cn1. The molecule has 0 aromatic carbocycles. The fraction of sp³-hybridized carbons (Fsp3) is 0.556. The summed E-state index contributed by atoms with van der Waals surface area (Å²) in [5, 5.41) is 3.11. The molecule has 0 saturated carbocycles. The van der Waals surface area contributed by atoms with Crippen LogP contribution in [0.3, 0.4) is 0 Å². The predicted molar refractivity (Wildman–Crippen MR) is 67.7 cm³/mol. The summed E-state index contributed by atoms with van der Waals surface area (Å²) >= 11 is 2.17. The van der Waals surface area contributed by atoms with Crippen molar-refractivity contribution in [3.63, 3.8) is 0 Å². The maximum Gasteiger partial charge on any atom is 0.222 e. The number of aromatic nitrogens is 2. The van der Waals surface area contributed by atoms with Crippen molar-refractivity contribution in [3.05, 3.63) is 16.0 Å². The van der Waals surface area contributed by atoms with Crippen LogP contribution in [0.5, 0.6) is 0 Å². The van der Waals surface area contributed by atoms with Crippen molar-refractivity contribution in [1.82, 2.24) is 9.97 Å². The van der Waals surface area contributed by atoms with Gasteiger partial charge in [0.1, 0.15) is 0 Å². The van der Waals surface area contributed by atoms with Gasteiger partial charge in [0.2, 0.25) is 5.95 Å². The van der Waals surface area contributed by atoms with Crippen LogP contribution in [-0.4, -0.2) is 36.3 Å². The van der Waals surface area contributed by atoms with Gasteiger partial charge in [-0.3, -0.25) is 0 Å². The first-order valence-electron chi connectivity index (χ1n) is 4.82. The molecule has 0 atom stereocenters. The first-order valence-corrected chi connectivity index (χ1v) is 5.90. The monoisotopic (exact) mass is 322 g/mol. The highest BCUT2D eigenvalue weighted by Crippen LogP contribution is 2.02. The maximum atomic E-state index is 5.29. The summed E-state index contributed by atoms with van der Waals surface area (Å²) in [6.45, 7) is 2.73. The van der Waals surface area contributed by atoms with E-state index in [0.717, 1.165) is 16.5 Å². The Morgan fingerprint density at radius 2 is 2.07 bits per heavy atom. The van der Waals surface area contributed by atoms with Crippen LogP contribution in [0.15, 0.2) is 12.4 Å². The lowest BCUT2D eigenvalue weighted by Crippen LogP contribution is -2.12. The van der Waals surface area contributed by atoms with Gasteiger partial charge in [0.05, 0.1) is 6.61 Å². The molecule has 1 aromatic heterocycles. The summed E-state index contributed by atoms with van der Waals surface area (Å²) in [5.74, 6) is 0.661. The van der Waals surface area contributed by atoms with Gasteiger partial charge in [-0.2, -0.15) is 0 Å². The van der Waals surface area contributed by atoms with Gasteiger partial charge in [0.15, 0.2) is 0 Å². The molecule has 1 rings (SSSR count). The maximum absolute atomic E-state index is 5.29. The molecular formula is C9H15IN4O. The Balaban J connectivity index is 2.07. The molecule has 84 valence electrons. The molecule has 0 bridgehead atoms. The first-order chi connectivity index (χ1) is 7.33. The quantitative estimate of drug-likeness (QED) is 0.575. The topological polar surface area (TPSA) is 73.1 Å². The van der Waals surface area contributed by atoms with Gasteiger partial charge in [0.25, 0.3) is 0 Å². The number of rotatable bonds is 7. The van der Waals surface area contributed by atoms with Gasteiger partial charge in [-0.15, -0.1) is 0 Å². The van der Waals surface area contributed by atoms with Crippen LogP contribution in [0.4, 0.5) is 5.95 Å². The normalized spacial score (nSPS) is 10.3. The molecule has 3 N–H and O–H groups in total. The lowest BCUT2D eigenvalue weighted by atomic mass is 10.4. The number of nitrogens with zero attached hydrogens (tertiary/aromatic N) is 2. The summed E-state index contributed by atoms with van der Waals surface area (Å²) in [6, 6.07) is 0. The lowest BCUT2D eigenvalue weighted by Gasteiger charge is -2.04. The summed E-state index contributed by atoms with van der Waals surface area (Å²) in [4.78, 5) is 8.24. The van der Waals surface area contributed by atoms with Crippen LogP contribution in [0.2, 0.25) is 0 Å². The molecule has 0 radical (unpaired) electrons. The molecule has 0 aliphatic carbocycles. The van der Waals surface area contributed by atoms with E-state index in [-0.39, 0.29) is 0 Å². The van der Waals surface area contributed by atoms with Crippen molar-refractivity contribution in [2.45, 2.75) is 6.42 Å². The average Bonchev–Trinajstić information content (AvgIpc) is 2.26. The van der Waals surface area contributed by atoms with Gasteiger partial charge >= 0.3 is 0 Å². The number of nitrogens with one attached hydrogen (secondary N) is 1. The minimum Gasteiger partial charge on any atom is -0.380 e. The Hall–Kier alpha value is -0.470. The molecule has 0 amide bonds. The molecule has 0 fully saturated rings. The Kier molecular flexibility index (Phi) is 6.53. The fourth-order valence-corrected chi connectivity index (χ4v) is 1.24. The van der Waals surface area contributed by atoms with Crippen LogP contribution >= 0.6 is 22.6 Å². The van der Waals surface area contributed by atoms with Crippen molar-refractivity contribution >= 4 is 28.5 Å². The molecule has 0 aliphatic rings. The molecule has 0 unspecified atom stereocenters. The van der Waals surface area contributed by atoms with Crippen molar-refractivity contribution in [2.75, 3.05) is 31.6 Å².